The first-order valence-corrected chi connectivity index (χ1v) is 11.6. The van der Waals surface area contributed by atoms with Gasteiger partial charge in [-0.1, -0.05) is 12.1 Å². The van der Waals surface area contributed by atoms with Crippen LogP contribution in [-0.4, -0.2) is 65.5 Å². The molecule has 2 aliphatic heterocycles. The Balaban J connectivity index is 1.58. The quantitative estimate of drug-likeness (QED) is 0.609. The summed E-state index contributed by atoms with van der Waals surface area (Å²) in [5.74, 6) is 2.01. The number of ether oxygens (including phenoxy) is 1. The molecule has 0 radical (unpaired) electrons. The number of nitrogens with zero attached hydrogens (tertiary/aromatic N) is 6. The molecule has 4 heterocycles. The average molecular weight is 458 g/mol. The van der Waals surface area contributed by atoms with Crippen molar-refractivity contribution in [2.75, 3.05) is 55.7 Å². The molecular weight excluding hydrogens is 428 g/mol. The van der Waals surface area contributed by atoms with Crippen molar-refractivity contribution in [2.24, 2.45) is 11.7 Å². The van der Waals surface area contributed by atoms with Gasteiger partial charge in [0.25, 0.3) is 6.43 Å². The number of hydrogen-bond acceptors (Lipinski definition) is 7. The highest BCUT2D eigenvalue weighted by molar-refractivity contribution is 5.78. The van der Waals surface area contributed by atoms with Crippen LogP contribution < -0.4 is 15.5 Å². The van der Waals surface area contributed by atoms with Gasteiger partial charge < -0.3 is 20.3 Å². The third-order valence-electron chi connectivity index (χ3n) is 6.51. The van der Waals surface area contributed by atoms with Gasteiger partial charge in [-0.25, -0.2) is 13.8 Å². The van der Waals surface area contributed by atoms with Crippen LogP contribution in [-0.2, 0) is 4.74 Å². The Morgan fingerprint density at radius 3 is 2.42 bits per heavy atom. The summed E-state index contributed by atoms with van der Waals surface area (Å²) in [6, 6.07) is 8.97. The summed E-state index contributed by atoms with van der Waals surface area (Å²) in [6.07, 6.45) is 0.384. The number of halogens is 2. The first kappa shape index (κ1) is 22.0. The van der Waals surface area contributed by atoms with Crippen LogP contribution in [0, 0.1) is 5.92 Å². The van der Waals surface area contributed by atoms with Crippen molar-refractivity contribution in [3.63, 3.8) is 0 Å². The normalized spacial score (nSPS) is 17.9. The molecule has 0 atom stereocenters. The molecule has 0 saturated carbocycles. The van der Waals surface area contributed by atoms with Crippen LogP contribution in [0.4, 0.5) is 20.5 Å². The monoisotopic (exact) mass is 457 g/mol. The molecule has 2 fully saturated rings. The molecule has 1 aromatic carbocycles. The standard InChI is InChI=1S/C23H29F2N7O/c24-21(25)22-27-17-3-1-2-4-18(17)32(22)20-15-19(30-9-6-16(5-8-26)7-10-30)28-23(29-20)31-11-13-33-14-12-31/h1-4,15-16,21H,5-14,26H2. The lowest BCUT2D eigenvalue weighted by Gasteiger charge is -2.34. The van der Waals surface area contributed by atoms with E-state index in [0.29, 0.717) is 61.6 Å². The highest BCUT2D eigenvalue weighted by atomic mass is 19.3. The number of imidazole rings is 1. The smallest absolute Gasteiger partial charge is 0.296 e. The summed E-state index contributed by atoms with van der Waals surface area (Å²) in [6.45, 7) is 4.91. The molecule has 2 saturated heterocycles. The van der Waals surface area contributed by atoms with Gasteiger partial charge in [0.2, 0.25) is 5.95 Å². The minimum Gasteiger partial charge on any atom is -0.378 e. The van der Waals surface area contributed by atoms with Gasteiger partial charge in [-0.3, -0.25) is 4.57 Å². The first-order valence-electron chi connectivity index (χ1n) is 11.6. The number of alkyl halides is 2. The van der Waals surface area contributed by atoms with E-state index < -0.39 is 6.43 Å². The van der Waals surface area contributed by atoms with Crippen LogP contribution in [0.3, 0.4) is 0 Å². The van der Waals surface area contributed by atoms with Crippen molar-refractivity contribution in [2.45, 2.75) is 25.7 Å². The summed E-state index contributed by atoms with van der Waals surface area (Å²) in [4.78, 5) is 18.1. The van der Waals surface area contributed by atoms with Crippen LogP contribution in [0.25, 0.3) is 16.9 Å². The van der Waals surface area contributed by atoms with Crippen LogP contribution in [0.15, 0.2) is 30.3 Å². The molecule has 5 rings (SSSR count). The Morgan fingerprint density at radius 1 is 0.970 bits per heavy atom. The highest BCUT2D eigenvalue weighted by Crippen LogP contribution is 2.31. The van der Waals surface area contributed by atoms with Crippen molar-refractivity contribution in [1.82, 2.24) is 19.5 Å². The van der Waals surface area contributed by atoms with Gasteiger partial charge in [0.15, 0.2) is 5.82 Å². The maximum atomic E-state index is 14.0. The van der Waals surface area contributed by atoms with Gasteiger partial charge in [-0.05, 0) is 43.9 Å². The number of fused-ring (bicyclic) bond motifs is 1. The molecule has 0 unspecified atom stereocenters. The fourth-order valence-electron chi connectivity index (χ4n) is 4.71. The molecule has 0 bridgehead atoms. The molecule has 176 valence electrons. The molecule has 3 aromatic rings. The molecule has 0 aliphatic carbocycles. The van der Waals surface area contributed by atoms with Gasteiger partial charge in [0.1, 0.15) is 11.6 Å². The second-order valence-electron chi connectivity index (χ2n) is 8.59. The van der Waals surface area contributed by atoms with Gasteiger partial charge in [0.05, 0.1) is 24.2 Å². The molecule has 0 amide bonds. The summed E-state index contributed by atoms with van der Waals surface area (Å²) in [7, 11) is 0. The predicted octanol–water partition coefficient (Wildman–Crippen LogP) is 3.15. The highest BCUT2D eigenvalue weighted by Gasteiger charge is 2.26. The lowest BCUT2D eigenvalue weighted by molar-refractivity contribution is 0.122. The van der Waals surface area contributed by atoms with E-state index in [-0.39, 0.29) is 5.82 Å². The second-order valence-corrected chi connectivity index (χ2v) is 8.59. The zero-order valence-electron chi connectivity index (χ0n) is 18.5. The molecular formula is C23H29F2N7O. The molecule has 8 nitrogen and oxygen atoms in total. The molecule has 33 heavy (non-hydrogen) atoms. The van der Waals surface area contributed by atoms with Crippen LogP contribution in [0.5, 0.6) is 0 Å². The number of piperidine rings is 1. The van der Waals surface area contributed by atoms with E-state index in [1.165, 1.54) is 4.57 Å². The van der Waals surface area contributed by atoms with Crippen LogP contribution in [0.1, 0.15) is 31.5 Å². The number of anilines is 2. The molecule has 0 spiro atoms. The molecule has 2 aliphatic rings. The predicted molar refractivity (Wildman–Crippen MR) is 123 cm³/mol. The minimum absolute atomic E-state index is 0.310. The van der Waals surface area contributed by atoms with Crippen molar-refractivity contribution in [1.29, 1.82) is 0 Å². The summed E-state index contributed by atoms with van der Waals surface area (Å²) >= 11 is 0. The summed E-state index contributed by atoms with van der Waals surface area (Å²) in [5, 5.41) is 0. The SMILES string of the molecule is NCCC1CCN(c2cc(-n3c(C(F)F)nc4ccccc43)nc(N3CCOCC3)n2)CC1. The van der Waals surface area contributed by atoms with E-state index in [0.717, 1.165) is 38.2 Å². The third kappa shape index (κ3) is 4.49. The number of benzene rings is 1. The Bertz CT molecular complexity index is 1090. The number of rotatable bonds is 6. The topological polar surface area (TPSA) is 85.3 Å². The Morgan fingerprint density at radius 2 is 1.70 bits per heavy atom. The van der Waals surface area contributed by atoms with Crippen molar-refractivity contribution in [3.8, 4) is 5.82 Å². The van der Waals surface area contributed by atoms with Gasteiger partial charge >= 0.3 is 0 Å². The maximum absolute atomic E-state index is 14.0. The zero-order valence-corrected chi connectivity index (χ0v) is 18.5. The Kier molecular flexibility index (Phi) is 6.37. The second kappa shape index (κ2) is 9.56. The number of nitrogens with two attached hydrogens (primary N) is 1. The Labute approximate surface area is 191 Å². The van der Waals surface area contributed by atoms with E-state index in [2.05, 4.69) is 14.8 Å². The lowest BCUT2D eigenvalue weighted by Crippen LogP contribution is -2.39. The molecule has 2 N–H and O–H groups in total. The van der Waals surface area contributed by atoms with Crippen molar-refractivity contribution >= 4 is 22.8 Å². The van der Waals surface area contributed by atoms with E-state index in [1.54, 1.807) is 18.2 Å². The van der Waals surface area contributed by atoms with Gasteiger partial charge in [-0.2, -0.15) is 9.97 Å². The molecule has 2 aromatic heterocycles. The van der Waals surface area contributed by atoms with E-state index in [4.69, 9.17) is 20.4 Å². The maximum Gasteiger partial charge on any atom is 0.296 e. The van der Waals surface area contributed by atoms with Gasteiger partial charge in [-0.15, -0.1) is 0 Å². The number of hydrogen-bond donors (Lipinski definition) is 1. The third-order valence-corrected chi connectivity index (χ3v) is 6.51. The van der Waals surface area contributed by atoms with E-state index in [1.807, 2.05) is 12.1 Å². The van der Waals surface area contributed by atoms with E-state index in [9.17, 15) is 8.78 Å². The molecule has 10 heteroatoms. The first-order chi connectivity index (χ1) is 16.1. The summed E-state index contributed by atoms with van der Waals surface area (Å²) < 4.78 is 35.0. The fraction of sp³-hybridized carbons (Fsp3) is 0.522. The number of morpholine rings is 1. The lowest BCUT2D eigenvalue weighted by atomic mass is 9.94. The van der Waals surface area contributed by atoms with Crippen molar-refractivity contribution < 1.29 is 13.5 Å². The van der Waals surface area contributed by atoms with Gasteiger partial charge in [0, 0.05) is 32.2 Å². The van der Waals surface area contributed by atoms with Crippen LogP contribution in [0.2, 0.25) is 0 Å². The minimum atomic E-state index is -2.73. The summed E-state index contributed by atoms with van der Waals surface area (Å²) in [5.41, 5.74) is 6.87. The fourth-order valence-corrected chi connectivity index (χ4v) is 4.71. The average Bonchev–Trinajstić information content (AvgIpc) is 3.25. The largest absolute Gasteiger partial charge is 0.378 e. The Hall–Kier alpha value is -2.85. The van der Waals surface area contributed by atoms with E-state index >= 15 is 0 Å². The number of para-hydroxylation sites is 2. The van der Waals surface area contributed by atoms with Crippen molar-refractivity contribution in [3.05, 3.63) is 36.2 Å². The zero-order chi connectivity index (χ0) is 22.8. The van der Waals surface area contributed by atoms with Crippen LogP contribution >= 0.6 is 0 Å². The number of aromatic nitrogens is 4.